The van der Waals surface area contributed by atoms with Gasteiger partial charge in [0, 0.05) is 42.0 Å². The first-order chi connectivity index (χ1) is 24.0. The van der Waals surface area contributed by atoms with Gasteiger partial charge >= 0.3 is 13.3 Å². The first-order valence-corrected chi connectivity index (χ1v) is 18.8. The molecule has 2 saturated heterocycles. The average Bonchev–Trinajstić information content (AvgIpc) is 3.70. The lowest BCUT2D eigenvalue weighted by atomic mass is 9.98. The predicted molar refractivity (Wildman–Crippen MR) is 190 cm³/mol. The Balaban J connectivity index is 1.24. The van der Waals surface area contributed by atoms with Crippen molar-refractivity contribution < 1.29 is 42.3 Å². The van der Waals surface area contributed by atoms with E-state index in [0.29, 0.717) is 36.2 Å². The number of halogens is 2. The fraction of sp³-hybridized carbons (Fsp3) is 0.333. The van der Waals surface area contributed by atoms with Crippen molar-refractivity contribution in [3.8, 4) is 11.1 Å². The number of benzene rings is 3. The Kier molecular flexibility index (Phi) is 9.90. The number of amides is 4. The van der Waals surface area contributed by atoms with Gasteiger partial charge in [0.1, 0.15) is 12.1 Å². The van der Waals surface area contributed by atoms with Crippen molar-refractivity contribution in [1.29, 1.82) is 0 Å². The fourth-order valence-electron chi connectivity index (χ4n) is 6.93. The van der Waals surface area contributed by atoms with E-state index < -0.39 is 42.7 Å². The molecule has 11 nitrogen and oxygen atoms in total. The predicted octanol–water partition coefficient (Wildman–Crippen LogP) is 5.76. The van der Waals surface area contributed by atoms with E-state index in [1.165, 1.54) is 28.9 Å². The van der Waals surface area contributed by atoms with Crippen LogP contribution in [0.2, 0.25) is 0 Å². The molecule has 268 valence electrons. The van der Waals surface area contributed by atoms with Crippen LogP contribution in [0, 0.1) is 13.8 Å². The lowest BCUT2D eigenvalue weighted by Gasteiger charge is -2.38. The van der Waals surface area contributed by atoms with Gasteiger partial charge < -0.3 is 30.2 Å². The summed E-state index contributed by atoms with van der Waals surface area (Å²) < 4.78 is 40.6. The minimum Gasteiger partial charge on any atom is -0.340 e. The third-order valence-corrected chi connectivity index (χ3v) is 11.7. The third kappa shape index (κ3) is 7.18. The maximum Gasteiger partial charge on any atom is 0.399 e. The number of rotatable bonds is 7. The highest BCUT2D eigenvalue weighted by Gasteiger charge is 2.50. The number of fused-ring (bicyclic) bond motifs is 2. The molecule has 4 aromatic rings. The van der Waals surface area contributed by atoms with Crippen molar-refractivity contribution in [3.05, 3.63) is 88.3 Å². The number of nitrogens with one attached hydrogen (secondary N) is 2. The monoisotopic (exact) mass is 738 g/mol. The molecular formula is C36H37F2N4O7PS. The second-order valence-corrected chi connectivity index (χ2v) is 15.8. The minimum atomic E-state index is -5.81. The molecule has 6 rings (SSSR count). The Bertz CT molecular complexity index is 2060. The highest BCUT2D eigenvalue weighted by Crippen LogP contribution is 2.59. The third-order valence-electron chi connectivity index (χ3n) is 9.58. The van der Waals surface area contributed by atoms with Gasteiger partial charge in [-0.25, -0.2) is 0 Å². The Hall–Kier alpha value is -4.49. The van der Waals surface area contributed by atoms with Crippen LogP contribution >= 0.6 is 18.9 Å². The van der Waals surface area contributed by atoms with Crippen molar-refractivity contribution >= 4 is 58.3 Å². The number of hydrogen-bond donors (Lipinski definition) is 4. The summed E-state index contributed by atoms with van der Waals surface area (Å²) >= 11 is 0.946. The second-order valence-electron chi connectivity index (χ2n) is 13.1. The van der Waals surface area contributed by atoms with Crippen molar-refractivity contribution in [3.63, 3.8) is 0 Å². The van der Waals surface area contributed by atoms with E-state index >= 15 is 0 Å². The number of carbonyl (C=O) groups excluding carboxylic acids is 4. The normalized spacial score (nSPS) is 19.7. The Labute approximate surface area is 296 Å². The van der Waals surface area contributed by atoms with Crippen LogP contribution in [0.25, 0.3) is 21.2 Å². The Morgan fingerprint density at radius 3 is 2.27 bits per heavy atom. The zero-order chi connectivity index (χ0) is 36.8. The Morgan fingerprint density at radius 1 is 0.941 bits per heavy atom. The molecule has 1 aromatic heterocycles. The molecule has 0 radical (unpaired) electrons. The summed E-state index contributed by atoms with van der Waals surface area (Å²) in [4.78, 5) is 75.6. The van der Waals surface area contributed by atoms with Gasteiger partial charge in [-0.3, -0.25) is 23.7 Å². The summed E-state index contributed by atoms with van der Waals surface area (Å²) in [5.74, 6) is -1.86. The summed E-state index contributed by atoms with van der Waals surface area (Å²) in [5, 5.41) is 5.92. The number of hydrogen-bond acceptors (Lipinski definition) is 6. The summed E-state index contributed by atoms with van der Waals surface area (Å²) in [5.41, 5.74) is -0.900. The smallest absolute Gasteiger partial charge is 0.340 e. The SMILES string of the molecule is CC(=O)N1CC[C@H]2CC[C@@H](C(=O)Nc3c(C)cc(-c4ccccc4)cc3C)N2C(=O)[C@@H](NC(=O)c2cc3cc(C(F)(F)P(=O)(O)O)ccc3s2)C1. The van der Waals surface area contributed by atoms with E-state index in [1.54, 1.807) is 0 Å². The maximum absolute atomic E-state index is 14.4. The standard InChI is InChI=1S/C36H37F2N4O7PS/c1-20-15-24(23-7-5-4-6-8-23)16-21(2)32(20)40-33(44)29-11-10-27-13-14-41(22(3)43)19-28(35(46)42(27)29)39-34(45)31-18-25-17-26(9-12-30(25)51-31)36(37,38)50(47,48)49/h4-9,12,15-18,27-29H,10-11,13-14,19H2,1-3H3,(H,39,45)(H,40,44)(H2,47,48,49)/t27-,28+,29+/m1/s1. The molecule has 0 unspecified atom stereocenters. The molecule has 2 aliphatic rings. The second kappa shape index (κ2) is 13.9. The molecule has 0 aliphatic carbocycles. The first-order valence-electron chi connectivity index (χ1n) is 16.4. The highest BCUT2D eigenvalue weighted by molar-refractivity contribution is 7.52. The van der Waals surface area contributed by atoms with Crippen LogP contribution in [0.4, 0.5) is 14.5 Å². The van der Waals surface area contributed by atoms with Crippen LogP contribution in [0.5, 0.6) is 0 Å². The van der Waals surface area contributed by atoms with Gasteiger partial charge in [-0.15, -0.1) is 11.3 Å². The van der Waals surface area contributed by atoms with E-state index in [9.17, 15) is 32.5 Å². The number of aryl methyl sites for hydroxylation is 2. The van der Waals surface area contributed by atoms with Crippen molar-refractivity contribution in [2.24, 2.45) is 0 Å². The van der Waals surface area contributed by atoms with Crippen LogP contribution in [0.1, 0.15) is 52.5 Å². The fourth-order valence-corrected chi connectivity index (χ4v) is 8.35. The number of nitrogens with zero attached hydrogens (tertiary/aromatic N) is 2. The molecule has 2 fully saturated rings. The van der Waals surface area contributed by atoms with E-state index in [4.69, 9.17) is 9.79 Å². The summed E-state index contributed by atoms with van der Waals surface area (Å²) in [7, 11) is -5.81. The first kappa shape index (κ1) is 36.3. The van der Waals surface area contributed by atoms with E-state index in [1.807, 2.05) is 56.3 Å². The zero-order valence-electron chi connectivity index (χ0n) is 28.1. The van der Waals surface area contributed by atoms with Crippen molar-refractivity contribution in [1.82, 2.24) is 15.1 Å². The molecule has 3 heterocycles. The lowest BCUT2D eigenvalue weighted by Crippen LogP contribution is -2.60. The van der Waals surface area contributed by atoms with Crippen LogP contribution in [-0.4, -0.2) is 74.4 Å². The van der Waals surface area contributed by atoms with Crippen LogP contribution in [0.3, 0.4) is 0 Å². The zero-order valence-corrected chi connectivity index (χ0v) is 29.8. The van der Waals surface area contributed by atoms with E-state index in [-0.39, 0.29) is 34.7 Å². The van der Waals surface area contributed by atoms with Crippen LogP contribution in [0.15, 0.2) is 66.7 Å². The van der Waals surface area contributed by atoms with Crippen LogP contribution in [-0.2, 0) is 24.6 Å². The molecule has 2 aliphatic heterocycles. The summed E-state index contributed by atoms with van der Waals surface area (Å²) in [6, 6.07) is 15.8. The molecule has 0 bridgehead atoms. The Morgan fingerprint density at radius 2 is 1.63 bits per heavy atom. The van der Waals surface area contributed by atoms with Gasteiger partial charge in [0.2, 0.25) is 17.7 Å². The van der Waals surface area contributed by atoms with Crippen molar-refractivity contribution in [2.45, 2.75) is 63.8 Å². The van der Waals surface area contributed by atoms with E-state index in [0.717, 1.165) is 45.7 Å². The number of carbonyl (C=O) groups is 4. The quantitative estimate of drug-likeness (QED) is 0.176. The molecule has 4 N–H and O–H groups in total. The molecule has 3 aromatic carbocycles. The van der Waals surface area contributed by atoms with Gasteiger partial charge in [-0.2, -0.15) is 8.78 Å². The average molecular weight is 739 g/mol. The lowest BCUT2D eigenvalue weighted by molar-refractivity contribution is -0.143. The van der Waals surface area contributed by atoms with Gasteiger partial charge in [-0.1, -0.05) is 36.4 Å². The molecule has 0 saturated carbocycles. The topological polar surface area (TPSA) is 156 Å². The van der Waals surface area contributed by atoms with Gasteiger partial charge in [-0.05, 0) is 91.1 Å². The van der Waals surface area contributed by atoms with Gasteiger partial charge in [0.25, 0.3) is 5.91 Å². The molecule has 15 heteroatoms. The minimum absolute atomic E-state index is 0.0584. The van der Waals surface area contributed by atoms with E-state index in [2.05, 4.69) is 10.6 Å². The molecule has 0 spiro atoms. The number of anilines is 1. The van der Waals surface area contributed by atoms with Crippen molar-refractivity contribution in [2.75, 3.05) is 18.4 Å². The van der Waals surface area contributed by atoms with Gasteiger partial charge in [0.05, 0.1) is 4.88 Å². The highest BCUT2D eigenvalue weighted by atomic mass is 32.1. The molecule has 3 atom stereocenters. The number of thiophene rings is 1. The molecule has 4 amide bonds. The summed E-state index contributed by atoms with van der Waals surface area (Å²) in [6.07, 6.45) is 1.37. The van der Waals surface area contributed by atoms with Crippen LogP contribution < -0.4 is 10.6 Å². The maximum atomic E-state index is 14.4. The molecular weight excluding hydrogens is 701 g/mol. The van der Waals surface area contributed by atoms with Gasteiger partial charge in [0.15, 0.2) is 0 Å². The summed E-state index contributed by atoms with van der Waals surface area (Å²) in [6.45, 7) is 5.36. The largest absolute Gasteiger partial charge is 0.399 e. The molecule has 51 heavy (non-hydrogen) atoms. The number of alkyl halides is 2.